The van der Waals surface area contributed by atoms with Crippen LogP contribution in [-0.2, 0) is 4.74 Å². The number of aliphatic hydroxyl groups excluding tert-OH is 1. The van der Waals surface area contributed by atoms with Gasteiger partial charge in [0.1, 0.15) is 6.10 Å². The Hall–Kier alpha value is -1.61. The number of fused-ring (bicyclic) bond motifs is 5. The average Bonchev–Trinajstić information content (AvgIpc) is 3.10. The maximum Gasteiger partial charge on any atom is 0.338 e. The SMILES string of the molecule is CC(C)CCC[C@@H](C)[C@H]1C[C@H](O)[C@@]2(C)C3=CC[C@H]4C[C@@H](OC(=O)c5ccccc5)CC[C@]4(C)[C@H]3CC[C@]12C. The van der Waals surface area contributed by atoms with Gasteiger partial charge in [0, 0.05) is 5.41 Å². The molecule has 0 heterocycles. The van der Waals surface area contributed by atoms with Gasteiger partial charge in [-0.1, -0.05) is 90.7 Å². The van der Waals surface area contributed by atoms with Crippen molar-refractivity contribution in [3.8, 4) is 0 Å². The van der Waals surface area contributed by atoms with Crippen molar-refractivity contribution in [3.63, 3.8) is 0 Å². The molecule has 3 saturated carbocycles. The van der Waals surface area contributed by atoms with Gasteiger partial charge in [-0.15, -0.1) is 0 Å². The van der Waals surface area contributed by atoms with Crippen molar-refractivity contribution < 1.29 is 14.6 Å². The summed E-state index contributed by atoms with van der Waals surface area (Å²) in [5.41, 5.74) is 2.49. The zero-order chi connectivity index (χ0) is 27.3. The molecule has 4 aliphatic rings. The number of rotatable bonds is 7. The molecule has 0 saturated heterocycles. The Morgan fingerprint density at radius 1 is 1.03 bits per heavy atom. The van der Waals surface area contributed by atoms with E-state index in [1.807, 2.05) is 30.3 Å². The molecule has 0 spiro atoms. The van der Waals surface area contributed by atoms with E-state index in [1.54, 1.807) is 5.57 Å². The molecule has 1 aromatic carbocycles. The number of aliphatic hydroxyl groups is 1. The molecule has 1 N–H and O–H groups in total. The van der Waals surface area contributed by atoms with Crippen LogP contribution in [0.3, 0.4) is 0 Å². The van der Waals surface area contributed by atoms with Crippen molar-refractivity contribution in [2.75, 3.05) is 0 Å². The second kappa shape index (κ2) is 10.4. The summed E-state index contributed by atoms with van der Waals surface area (Å²) in [6, 6.07) is 9.41. The van der Waals surface area contributed by atoms with Gasteiger partial charge < -0.3 is 9.84 Å². The largest absolute Gasteiger partial charge is 0.459 e. The quantitative estimate of drug-likeness (QED) is 0.289. The Morgan fingerprint density at radius 2 is 1.76 bits per heavy atom. The van der Waals surface area contributed by atoms with E-state index >= 15 is 0 Å². The average molecular weight is 521 g/mol. The number of esters is 1. The summed E-state index contributed by atoms with van der Waals surface area (Å²) in [5.74, 6) is 2.91. The van der Waals surface area contributed by atoms with E-state index in [0.717, 1.165) is 38.0 Å². The van der Waals surface area contributed by atoms with Gasteiger partial charge in [0.25, 0.3) is 0 Å². The summed E-state index contributed by atoms with van der Waals surface area (Å²) in [4.78, 5) is 12.7. The van der Waals surface area contributed by atoms with E-state index in [-0.39, 0.29) is 34.4 Å². The fraction of sp³-hybridized carbons (Fsp3) is 0.743. The van der Waals surface area contributed by atoms with Crippen molar-refractivity contribution in [2.24, 2.45) is 45.8 Å². The molecule has 3 nitrogen and oxygen atoms in total. The van der Waals surface area contributed by atoms with Crippen LogP contribution < -0.4 is 0 Å². The second-order valence-corrected chi connectivity index (χ2v) is 14.6. The molecule has 0 radical (unpaired) electrons. The van der Waals surface area contributed by atoms with E-state index < -0.39 is 0 Å². The number of carbonyl (C=O) groups excluding carboxylic acids is 1. The lowest BCUT2D eigenvalue weighted by Crippen LogP contribution is -2.55. The zero-order valence-electron chi connectivity index (χ0n) is 24.8. The summed E-state index contributed by atoms with van der Waals surface area (Å²) < 4.78 is 6.02. The minimum Gasteiger partial charge on any atom is -0.459 e. The number of ether oxygens (including phenoxy) is 1. The molecule has 0 aromatic heterocycles. The number of carbonyl (C=O) groups is 1. The number of hydrogen-bond acceptors (Lipinski definition) is 3. The van der Waals surface area contributed by atoms with Crippen LogP contribution in [0.2, 0.25) is 0 Å². The lowest BCUT2D eigenvalue weighted by Gasteiger charge is -2.62. The van der Waals surface area contributed by atoms with Gasteiger partial charge in [-0.2, -0.15) is 0 Å². The van der Waals surface area contributed by atoms with Gasteiger partial charge in [-0.25, -0.2) is 4.79 Å². The molecule has 3 heteroatoms. The lowest BCUT2D eigenvalue weighted by molar-refractivity contribution is -0.0845. The van der Waals surface area contributed by atoms with Crippen molar-refractivity contribution in [1.82, 2.24) is 0 Å². The summed E-state index contributed by atoms with van der Waals surface area (Å²) in [6.07, 6.45) is 13.7. The van der Waals surface area contributed by atoms with Crippen molar-refractivity contribution in [1.29, 1.82) is 0 Å². The molecular weight excluding hydrogens is 468 g/mol. The first kappa shape index (κ1) is 27.9. The van der Waals surface area contributed by atoms with Crippen molar-refractivity contribution in [3.05, 3.63) is 47.5 Å². The fourth-order valence-corrected chi connectivity index (χ4v) is 9.75. The fourth-order valence-electron chi connectivity index (χ4n) is 9.75. The predicted octanol–water partition coefficient (Wildman–Crippen LogP) is 8.61. The van der Waals surface area contributed by atoms with E-state index in [2.05, 4.69) is 47.6 Å². The first-order chi connectivity index (χ1) is 18.0. The number of allylic oxidation sites excluding steroid dienone is 1. The smallest absolute Gasteiger partial charge is 0.338 e. The summed E-state index contributed by atoms with van der Waals surface area (Å²) in [7, 11) is 0. The van der Waals surface area contributed by atoms with Crippen LogP contribution in [0.1, 0.15) is 116 Å². The van der Waals surface area contributed by atoms with E-state index in [0.29, 0.717) is 29.2 Å². The molecule has 1 aromatic rings. The van der Waals surface area contributed by atoms with Gasteiger partial charge >= 0.3 is 5.97 Å². The predicted molar refractivity (Wildman–Crippen MR) is 155 cm³/mol. The Balaban J connectivity index is 1.33. The first-order valence-corrected chi connectivity index (χ1v) is 15.6. The molecule has 9 atom stereocenters. The summed E-state index contributed by atoms with van der Waals surface area (Å²) in [6.45, 7) is 14.6. The highest BCUT2D eigenvalue weighted by atomic mass is 16.5. The van der Waals surface area contributed by atoms with Crippen LogP contribution in [0.4, 0.5) is 0 Å². The monoisotopic (exact) mass is 520 g/mol. The number of hydrogen-bond donors (Lipinski definition) is 1. The molecule has 0 amide bonds. The lowest BCUT2D eigenvalue weighted by atomic mass is 9.43. The maximum absolute atomic E-state index is 12.7. The third-order valence-electron chi connectivity index (χ3n) is 12.4. The molecular formula is C35H52O3. The Morgan fingerprint density at radius 3 is 2.47 bits per heavy atom. The van der Waals surface area contributed by atoms with Crippen LogP contribution in [0.5, 0.6) is 0 Å². The molecule has 0 aliphatic heterocycles. The van der Waals surface area contributed by atoms with E-state index in [4.69, 9.17) is 4.74 Å². The molecule has 4 aliphatic carbocycles. The molecule has 3 fully saturated rings. The highest BCUT2D eigenvalue weighted by Crippen LogP contribution is 2.72. The van der Waals surface area contributed by atoms with Gasteiger partial charge in [0.15, 0.2) is 0 Å². The molecule has 210 valence electrons. The molecule has 0 unspecified atom stereocenters. The standard InChI is InChI=1S/C35H52O3/c1-23(2)11-10-12-24(3)30-22-31(36)35(6)29-16-15-26-21-27(38-32(37)25-13-8-7-9-14-25)17-19-33(26,4)28(29)18-20-34(30,35)5/h7-9,13-14,16,23-24,26-28,30-31,36H,10-12,15,17-22H2,1-6H3/t24-,26+,27+,28+,30-,31+,33+,34-,35-/m1/s1. The maximum atomic E-state index is 12.7. The third-order valence-corrected chi connectivity index (χ3v) is 12.4. The normalized spacial score (nSPS) is 41.1. The van der Waals surface area contributed by atoms with Crippen LogP contribution in [-0.4, -0.2) is 23.3 Å². The summed E-state index contributed by atoms with van der Waals surface area (Å²) in [5, 5.41) is 11.8. The van der Waals surface area contributed by atoms with E-state index in [9.17, 15) is 9.90 Å². The third kappa shape index (κ3) is 4.49. The molecule has 0 bridgehead atoms. The van der Waals surface area contributed by atoms with Crippen LogP contribution in [0, 0.1) is 45.8 Å². The van der Waals surface area contributed by atoms with Crippen LogP contribution in [0.15, 0.2) is 42.0 Å². The summed E-state index contributed by atoms with van der Waals surface area (Å²) >= 11 is 0. The van der Waals surface area contributed by atoms with Gasteiger partial charge in [0.2, 0.25) is 0 Å². The Bertz CT molecular complexity index is 1030. The van der Waals surface area contributed by atoms with Gasteiger partial charge in [-0.05, 0) is 97.5 Å². The minimum atomic E-state index is -0.248. The van der Waals surface area contributed by atoms with Crippen molar-refractivity contribution in [2.45, 2.75) is 118 Å². The van der Waals surface area contributed by atoms with Crippen molar-refractivity contribution >= 4 is 5.97 Å². The van der Waals surface area contributed by atoms with Crippen LogP contribution in [0.25, 0.3) is 0 Å². The molecule has 38 heavy (non-hydrogen) atoms. The van der Waals surface area contributed by atoms with Crippen LogP contribution >= 0.6 is 0 Å². The Labute approximate surface area is 231 Å². The number of benzene rings is 1. The minimum absolute atomic E-state index is 0.00770. The highest BCUT2D eigenvalue weighted by Gasteiger charge is 2.67. The Kier molecular flexibility index (Phi) is 7.66. The first-order valence-electron chi connectivity index (χ1n) is 15.6. The van der Waals surface area contributed by atoms with E-state index in [1.165, 1.54) is 32.1 Å². The van der Waals surface area contributed by atoms with Gasteiger partial charge in [-0.3, -0.25) is 0 Å². The topological polar surface area (TPSA) is 46.5 Å². The highest BCUT2D eigenvalue weighted by molar-refractivity contribution is 5.89. The zero-order valence-corrected chi connectivity index (χ0v) is 24.8. The van der Waals surface area contributed by atoms with Gasteiger partial charge in [0.05, 0.1) is 11.7 Å². The second-order valence-electron chi connectivity index (χ2n) is 14.6. The molecule has 5 rings (SSSR count).